The van der Waals surface area contributed by atoms with Crippen molar-refractivity contribution in [3.8, 4) is 0 Å². The molecule has 1 aromatic heterocycles. The van der Waals surface area contributed by atoms with Crippen LogP contribution in [0.2, 0.25) is 5.02 Å². The first-order valence-electron chi connectivity index (χ1n) is 6.89. The van der Waals surface area contributed by atoms with Gasteiger partial charge in [-0.25, -0.2) is 4.39 Å². The molecule has 0 fully saturated rings. The number of nitrogens with one attached hydrogen (secondary N) is 2. The number of rotatable bonds is 3. The number of fused-ring (bicyclic) bond motifs is 1. The number of carbonyl (C=O) groups is 1. The molecule has 3 rings (SSSR count). The predicted molar refractivity (Wildman–Crippen MR) is 87.1 cm³/mol. The third-order valence-corrected chi connectivity index (χ3v) is 3.77. The quantitative estimate of drug-likeness (QED) is 0.774. The summed E-state index contributed by atoms with van der Waals surface area (Å²) in [4.78, 5) is 26.8. The number of carbonyl (C=O) groups excluding carboxylic acids is 1. The lowest BCUT2D eigenvalue weighted by atomic mass is 10.1. The number of hydrogen-bond acceptors (Lipinski definition) is 2. The van der Waals surface area contributed by atoms with Gasteiger partial charge in [-0.05, 0) is 29.7 Å². The maximum atomic E-state index is 13.7. The number of hydrogen-bond donors (Lipinski definition) is 2. The number of aromatic amines is 1. The number of pyridine rings is 1. The summed E-state index contributed by atoms with van der Waals surface area (Å²) in [7, 11) is 0. The molecule has 0 bridgehead atoms. The Labute approximate surface area is 135 Å². The molecule has 0 saturated heterocycles. The first-order chi connectivity index (χ1) is 11.1. The van der Waals surface area contributed by atoms with E-state index in [1.807, 2.05) is 18.2 Å². The summed E-state index contributed by atoms with van der Waals surface area (Å²) in [6.07, 6.45) is 0. The number of H-pyrrole nitrogens is 1. The van der Waals surface area contributed by atoms with Crippen molar-refractivity contribution in [2.45, 2.75) is 6.54 Å². The molecule has 0 saturated carbocycles. The summed E-state index contributed by atoms with van der Waals surface area (Å²) in [6, 6.07) is 13.0. The van der Waals surface area contributed by atoms with E-state index in [4.69, 9.17) is 11.6 Å². The highest BCUT2D eigenvalue weighted by molar-refractivity contribution is 6.33. The lowest BCUT2D eigenvalue weighted by Crippen LogP contribution is -2.27. The topological polar surface area (TPSA) is 62.0 Å². The molecular formula is C17H12ClFN2O2. The third-order valence-electron chi connectivity index (χ3n) is 3.46. The van der Waals surface area contributed by atoms with Crippen molar-refractivity contribution in [1.29, 1.82) is 0 Å². The van der Waals surface area contributed by atoms with Crippen LogP contribution >= 0.6 is 11.6 Å². The molecule has 4 nitrogen and oxygen atoms in total. The van der Waals surface area contributed by atoms with Crippen LogP contribution in [-0.2, 0) is 6.54 Å². The maximum Gasteiger partial charge on any atom is 0.256 e. The molecular weight excluding hydrogens is 319 g/mol. The molecule has 0 radical (unpaired) electrons. The third kappa shape index (κ3) is 3.10. The highest BCUT2D eigenvalue weighted by Crippen LogP contribution is 2.18. The Bertz CT molecular complexity index is 932. The van der Waals surface area contributed by atoms with Crippen LogP contribution in [0.25, 0.3) is 10.9 Å². The number of para-hydroxylation sites is 1. The molecule has 0 spiro atoms. The van der Waals surface area contributed by atoms with Crippen LogP contribution in [0.3, 0.4) is 0 Å². The smallest absolute Gasteiger partial charge is 0.256 e. The van der Waals surface area contributed by atoms with Gasteiger partial charge in [-0.2, -0.15) is 0 Å². The Hall–Kier alpha value is -2.66. The Morgan fingerprint density at radius 2 is 1.96 bits per heavy atom. The van der Waals surface area contributed by atoms with E-state index in [0.29, 0.717) is 11.1 Å². The van der Waals surface area contributed by atoms with Crippen molar-refractivity contribution < 1.29 is 9.18 Å². The zero-order valence-corrected chi connectivity index (χ0v) is 12.7. The van der Waals surface area contributed by atoms with Gasteiger partial charge < -0.3 is 10.3 Å². The minimum Gasteiger partial charge on any atom is -0.348 e. The van der Waals surface area contributed by atoms with E-state index >= 15 is 0 Å². The van der Waals surface area contributed by atoms with Gasteiger partial charge in [0.05, 0.1) is 10.6 Å². The lowest BCUT2D eigenvalue weighted by molar-refractivity contribution is 0.0947. The molecule has 116 valence electrons. The summed E-state index contributed by atoms with van der Waals surface area (Å²) in [5, 5.41) is 3.39. The molecule has 1 amide bonds. The molecule has 0 aliphatic rings. The minimum atomic E-state index is -0.706. The van der Waals surface area contributed by atoms with Gasteiger partial charge in [-0.1, -0.05) is 35.9 Å². The monoisotopic (exact) mass is 330 g/mol. The highest BCUT2D eigenvalue weighted by Gasteiger charge is 2.15. The van der Waals surface area contributed by atoms with Crippen molar-refractivity contribution in [3.63, 3.8) is 0 Å². The van der Waals surface area contributed by atoms with Crippen LogP contribution in [0.15, 0.2) is 53.3 Å². The number of benzene rings is 2. The summed E-state index contributed by atoms with van der Waals surface area (Å²) in [5.74, 6) is -1.37. The fourth-order valence-corrected chi connectivity index (χ4v) is 2.55. The Balaban J connectivity index is 1.85. The van der Waals surface area contributed by atoms with Gasteiger partial charge in [0, 0.05) is 17.6 Å². The van der Waals surface area contributed by atoms with Crippen LogP contribution in [0.5, 0.6) is 0 Å². The Morgan fingerprint density at radius 1 is 1.17 bits per heavy atom. The van der Waals surface area contributed by atoms with E-state index < -0.39 is 11.7 Å². The van der Waals surface area contributed by atoms with Gasteiger partial charge in [0.2, 0.25) is 0 Å². The first kappa shape index (κ1) is 15.2. The number of halogens is 2. The maximum absolute atomic E-state index is 13.7. The van der Waals surface area contributed by atoms with Gasteiger partial charge in [0.25, 0.3) is 11.5 Å². The fourth-order valence-electron chi connectivity index (χ4n) is 2.30. The average Bonchev–Trinajstić information content (AvgIpc) is 2.52. The summed E-state index contributed by atoms with van der Waals surface area (Å²) < 4.78 is 13.7. The minimum absolute atomic E-state index is 0.0231. The van der Waals surface area contributed by atoms with Crippen LogP contribution in [0, 0.1) is 5.82 Å². The van der Waals surface area contributed by atoms with E-state index in [9.17, 15) is 14.0 Å². The molecule has 3 aromatic rings. The summed E-state index contributed by atoms with van der Waals surface area (Å²) >= 11 is 5.85. The van der Waals surface area contributed by atoms with Crippen molar-refractivity contribution >= 4 is 28.4 Å². The SMILES string of the molecule is O=C(NCc1cc2ccccc2[nH]c1=O)c1c(F)cccc1Cl. The van der Waals surface area contributed by atoms with E-state index in [1.54, 1.807) is 12.1 Å². The van der Waals surface area contributed by atoms with Crippen molar-refractivity contribution in [3.05, 3.63) is 80.9 Å². The van der Waals surface area contributed by atoms with Gasteiger partial charge in [-0.3, -0.25) is 9.59 Å². The molecule has 0 aliphatic heterocycles. The van der Waals surface area contributed by atoms with Gasteiger partial charge in [0.1, 0.15) is 5.82 Å². The standard InChI is InChI=1S/C17H12ClFN2O2/c18-12-5-3-6-13(19)15(12)17(23)20-9-11-8-10-4-1-2-7-14(10)21-16(11)22/h1-8H,9H2,(H,20,23)(H,21,22). The zero-order valence-electron chi connectivity index (χ0n) is 11.9. The number of aromatic nitrogens is 1. The molecule has 0 unspecified atom stereocenters. The van der Waals surface area contributed by atoms with Crippen LogP contribution < -0.4 is 10.9 Å². The van der Waals surface area contributed by atoms with Crippen LogP contribution in [-0.4, -0.2) is 10.9 Å². The van der Waals surface area contributed by atoms with Gasteiger partial charge >= 0.3 is 0 Å². The van der Waals surface area contributed by atoms with Gasteiger partial charge in [0.15, 0.2) is 0 Å². The second kappa shape index (κ2) is 6.22. The van der Waals surface area contributed by atoms with Gasteiger partial charge in [-0.15, -0.1) is 0 Å². The van der Waals surface area contributed by atoms with Crippen molar-refractivity contribution in [2.24, 2.45) is 0 Å². The fraction of sp³-hybridized carbons (Fsp3) is 0.0588. The van der Waals surface area contributed by atoms with Crippen LogP contribution in [0.4, 0.5) is 4.39 Å². The molecule has 0 atom stereocenters. The predicted octanol–water partition coefficient (Wildman–Crippen LogP) is 3.25. The molecule has 23 heavy (non-hydrogen) atoms. The normalized spacial score (nSPS) is 10.7. The van der Waals surface area contributed by atoms with E-state index in [2.05, 4.69) is 10.3 Å². The first-order valence-corrected chi connectivity index (χ1v) is 7.27. The molecule has 1 heterocycles. The average molecular weight is 331 g/mol. The second-order valence-electron chi connectivity index (χ2n) is 4.99. The second-order valence-corrected chi connectivity index (χ2v) is 5.40. The Kier molecular flexibility index (Phi) is 4.12. The molecule has 2 N–H and O–H groups in total. The molecule has 2 aromatic carbocycles. The summed E-state index contributed by atoms with van der Waals surface area (Å²) in [6.45, 7) is -0.0241. The van der Waals surface area contributed by atoms with E-state index in [0.717, 1.165) is 11.5 Å². The molecule has 6 heteroatoms. The zero-order chi connectivity index (χ0) is 16.4. The van der Waals surface area contributed by atoms with Crippen molar-refractivity contribution in [1.82, 2.24) is 10.3 Å². The lowest BCUT2D eigenvalue weighted by Gasteiger charge is -2.08. The van der Waals surface area contributed by atoms with Crippen molar-refractivity contribution in [2.75, 3.05) is 0 Å². The largest absolute Gasteiger partial charge is 0.348 e. The summed E-state index contributed by atoms with van der Waals surface area (Å²) in [5.41, 5.74) is 0.559. The Morgan fingerprint density at radius 3 is 2.74 bits per heavy atom. The van der Waals surface area contributed by atoms with Crippen LogP contribution in [0.1, 0.15) is 15.9 Å². The highest BCUT2D eigenvalue weighted by atomic mass is 35.5. The number of amides is 1. The molecule has 0 aliphatic carbocycles. The van der Waals surface area contributed by atoms with E-state index in [1.165, 1.54) is 12.1 Å². The van der Waals surface area contributed by atoms with E-state index in [-0.39, 0.29) is 22.7 Å².